The zero-order valence-corrected chi connectivity index (χ0v) is 13.8. The average Bonchev–Trinajstić information content (AvgIpc) is 2.27. The van der Waals surface area contributed by atoms with Crippen molar-refractivity contribution in [1.29, 1.82) is 0 Å². The monoisotopic (exact) mass is 370 g/mol. The number of halogens is 1. The lowest BCUT2D eigenvalue weighted by atomic mass is 9.73. The molecule has 0 aliphatic carbocycles. The van der Waals surface area contributed by atoms with Crippen molar-refractivity contribution in [2.24, 2.45) is 17.3 Å². The van der Waals surface area contributed by atoms with Gasteiger partial charge in [-0.2, -0.15) is 0 Å². The van der Waals surface area contributed by atoms with Gasteiger partial charge in [0.2, 0.25) is 0 Å². The predicted molar refractivity (Wildman–Crippen MR) is 79.0 cm³/mol. The van der Waals surface area contributed by atoms with Crippen molar-refractivity contribution in [3.8, 4) is 0 Å². The maximum absolute atomic E-state index is 12.1. The number of carbonyl (C=O) groups excluding carboxylic acids is 2. The van der Waals surface area contributed by atoms with Gasteiger partial charge in [0, 0.05) is 0 Å². The van der Waals surface area contributed by atoms with E-state index in [1.165, 1.54) is 0 Å². The minimum Gasteiger partial charge on any atom is -0.444 e. The maximum atomic E-state index is 12.1. The summed E-state index contributed by atoms with van der Waals surface area (Å²) < 4.78 is 7.49. The summed E-state index contributed by atoms with van der Waals surface area (Å²) in [6, 6.07) is -0.376. The Kier molecular flexibility index (Phi) is 7.58. The lowest BCUT2D eigenvalue weighted by Gasteiger charge is -2.32. The number of urea groups is 1. The molecule has 0 aliphatic rings. The third kappa shape index (κ3) is 5.41. The van der Waals surface area contributed by atoms with E-state index in [0.29, 0.717) is 5.92 Å². The molecule has 0 heterocycles. The summed E-state index contributed by atoms with van der Waals surface area (Å²) in [4.78, 5) is 23.0. The first-order chi connectivity index (χ1) is 8.24. The van der Waals surface area contributed by atoms with Crippen LogP contribution in [0, 0.1) is 17.3 Å². The highest BCUT2D eigenvalue weighted by molar-refractivity contribution is 14.1. The van der Waals surface area contributed by atoms with Gasteiger partial charge in [-0.25, -0.2) is 4.79 Å². The molecule has 0 aromatic carbocycles. The maximum Gasteiger partial charge on any atom is 0.326 e. The Morgan fingerprint density at radius 2 is 1.83 bits per heavy atom. The van der Waals surface area contributed by atoms with Gasteiger partial charge in [-0.3, -0.25) is 8.32 Å². The van der Waals surface area contributed by atoms with Crippen LogP contribution in [-0.2, 0) is 9.53 Å². The topological polar surface area (TPSA) is 67.4 Å². The molecule has 0 saturated heterocycles. The number of hydrogen-bond donors (Lipinski definition) is 2. The Balaban J connectivity index is 4.45. The molecule has 106 valence electrons. The van der Waals surface area contributed by atoms with E-state index in [-0.39, 0.29) is 24.6 Å². The van der Waals surface area contributed by atoms with Gasteiger partial charge < -0.3 is 10.1 Å². The zero-order valence-electron chi connectivity index (χ0n) is 11.7. The number of rotatable bonds is 6. The zero-order chi connectivity index (χ0) is 14.3. The summed E-state index contributed by atoms with van der Waals surface area (Å²) in [5.74, 6) is 0.335. The molecular weight excluding hydrogens is 347 g/mol. The van der Waals surface area contributed by atoms with Crippen molar-refractivity contribution in [2.75, 3.05) is 6.73 Å². The molecular formula is C12H23IN2O3. The highest BCUT2D eigenvalue weighted by Gasteiger charge is 2.38. The lowest BCUT2D eigenvalue weighted by Crippen LogP contribution is -2.39. The summed E-state index contributed by atoms with van der Waals surface area (Å²) in [6.45, 7) is 9.99. The van der Waals surface area contributed by atoms with Crippen LogP contribution < -0.4 is 8.85 Å². The Morgan fingerprint density at radius 1 is 1.28 bits per heavy atom. The Morgan fingerprint density at radius 3 is 2.22 bits per heavy atom. The van der Waals surface area contributed by atoms with Crippen LogP contribution in [0.2, 0.25) is 0 Å². The summed E-state index contributed by atoms with van der Waals surface area (Å²) in [6.07, 6.45) is 0.766. The fourth-order valence-electron chi connectivity index (χ4n) is 1.77. The van der Waals surface area contributed by atoms with E-state index < -0.39 is 5.41 Å². The van der Waals surface area contributed by atoms with Gasteiger partial charge in [-0.15, -0.1) is 0 Å². The molecule has 0 aromatic heterocycles. The summed E-state index contributed by atoms with van der Waals surface area (Å²) in [5.41, 5.74) is -0.517. The standard InChI is InChI=1S/C12H23IN2O3/c1-8(2)6-12(5,9(3)4)10(16)18-7-14-11(17)15-13/h8-9H,6-7H2,1-5H3,(H2,14,15,17). The number of ether oxygens (including phenoxy) is 1. The third-order valence-electron chi connectivity index (χ3n) is 3.09. The fraction of sp³-hybridized carbons (Fsp3) is 0.833. The van der Waals surface area contributed by atoms with Gasteiger partial charge in [0.25, 0.3) is 0 Å². The first-order valence-corrected chi connectivity index (χ1v) is 7.13. The Bertz CT molecular complexity index is 295. The van der Waals surface area contributed by atoms with Crippen molar-refractivity contribution >= 4 is 34.9 Å². The summed E-state index contributed by atoms with van der Waals surface area (Å²) in [5, 5.41) is 2.43. The van der Waals surface area contributed by atoms with Gasteiger partial charge in [0.1, 0.15) is 0 Å². The molecule has 2 N–H and O–H groups in total. The molecule has 5 nitrogen and oxygen atoms in total. The highest BCUT2D eigenvalue weighted by atomic mass is 127. The van der Waals surface area contributed by atoms with Crippen molar-refractivity contribution in [1.82, 2.24) is 8.85 Å². The van der Waals surface area contributed by atoms with Crippen LogP contribution in [0.4, 0.5) is 4.79 Å². The Hall–Kier alpha value is -0.530. The van der Waals surface area contributed by atoms with Crippen LogP contribution in [0.15, 0.2) is 0 Å². The minimum absolute atomic E-state index is 0.103. The normalized spacial score (nSPS) is 14.2. The number of carbonyl (C=O) groups is 2. The molecule has 0 aromatic rings. The molecule has 2 amide bonds. The molecule has 18 heavy (non-hydrogen) atoms. The van der Waals surface area contributed by atoms with Crippen LogP contribution in [0.1, 0.15) is 41.0 Å². The second-order valence-electron chi connectivity index (χ2n) is 5.35. The van der Waals surface area contributed by atoms with Crippen molar-refractivity contribution < 1.29 is 14.3 Å². The van der Waals surface area contributed by atoms with E-state index in [1.54, 1.807) is 22.9 Å². The van der Waals surface area contributed by atoms with Gasteiger partial charge in [0.05, 0.1) is 28.3 Å². The molecule has 0 aliphatic heterocycles. The highest BCUT2D eigenvalue weighted by Crippen LogP contribution is 2.35. The van der Waals surface area contributed by atoms with E-state index in [2.05, 4.69) is 22.7 Å². The van der Waals surface area contributed by atoms with E-state index in [1.807, 2.05) is 20.8 Å². The van der Waals surface area contributed by atoms with Gasteiger partial charge in [0.15, 0.2) is 6.73 Å². The van der Waals surface area contributed by atoms with E-state index >= 15 is 0 Å². The third-order valence-corrected chi connectivity index (χ3v) is 3.58. The SMILES string of the molecule is CC(C)CC(C)(C(=O)OCNC(=O)NI)C(C)C. The number of nitrogens with one attached hydrogen (secondary N) is 2. The summed E-state index contributed by atoms with van der Waals surface area (Å²) in [7, 11) is 0. The van der Waals surface area contributed by atoms with Crippen LogP contribution in [-0.4, -0.2) is 18.7 Å². The largest absolute Gasteiger partial charge is 0.444 e. The second-order valence-corrected chi connectivity index (χ2v) is 5.89. The van der Waals surface area contributed by atoms with Crippen LogP contribution >= 0.6 is 22.9 Å². The molecule has 0 rings (SSSR count). The number of esters is 1. The van der Waals surface area contributed by atoms with Crippen LogP contribution in [0.3, 0.4) is 0 Å². The average molecular weight is 370 g/mol. The molecule has 0 saturated carbocycles. The Labute approximate surface area is 123 Å². The van der Waals surface area contributed by atoms with E-state index in [0.717, 1.165) is 6.42 Å². The summed E-state index contributed by atoms with van der Waals surface area (Å²) >= 11 is 1.71. The lowest BCUT2D eigenvalue weighted by molar-refractivity contribution is -0.159. The van der Waals surface area contributed by atoms with Gasteiger partial charge in [-0.1, -0.05) is 27.7 Å². The quantitative estimate of drug-likeness (QED) is 0.327. The number of amides is 2. The molecule has 0 bridgehead atoms. The predicted octanol–water partition coefficient (Wildman–Crippen LogP) is 2.84. The minimum atomic E-state index is -0.517. The smallest absolute Gasteiger partial charge is 0.326 e. The van der Waals surface area contributed by atoms with Gasteiger partial charge >= 0.3 is 12.0 Å². The molecule has 0 spiro atoms. The van der Waals surface area contributed by atoms with Crippen molar-refractivity contribution in [3.63, 3.8) is 0 Å². The van der Waals surface area contributed by atoms with Gasteiger partial charge in [-0.05, 0) is 25.2 Å². The van der Waals surface area contributed by atoms with Crippen LogP contribution in [0.5, 0.6) is 0 Å². The molecule has 1 unspecified atom stereocenters. The molecule has 0 radical (unpaired) electrons. The first kappa shape index (κ1) is 17.5. The molecule has 6 heteroatoms. The molecule has 0 fully saturated rings. The number of hydrogen-bond acceptors (Lipinski definition) is 3. The second kappa shape index (κ2) is 7.81. The molecule has 1 atom stereocenters. The van der Waals surface area contributed by atoms with E-state index in [9.17, 15) is 9.59 Å². The van der Waals surface area contributed by atoms with Crippen LogP contribution in [0.25, 0.3) is 0 Å². The van der Waals surface area contributed by atoms with E-state index in [4.69, 9.17) is 4.74 Å². The fourth-order valence-corrected chi connectivity index (χ4v) is 1.96. The first-order valence-electron chi connectivity index (χ1n) is 6.05. The van der Waals surface area contributed by atoms with Crippen molar-refractivity contribution in [3.05, 3.63) is 0 Å². The van der Waals surface area contributed by atoms with Crippen molar-refractivity contribution in [2.45, 2.75) is 41.0 Å².